The highest BCUT2D eigenvalue weighted by Crippen LogP contribution is 2.39. The first-order chi connectivity index (χ1) is 24.9. The minimum Gasteiger partial charge on any atom is -0.483 e. The molecule has 2 unspecified atom stereocenters. The standard InChI is InChI=1S/C18H20N4O3.C17H16F3N3O.CH2O2/c1-13-18(11-24-12-18)25-8-7-22(13)16-9-14(10-19-17(16)23)3-4-15-5-6-21(2)20-15;1-10(17(18,19)20)15-21-13-11-6-2-3-7-12(11)24-14(13)16(22-15)23-8-4-5-9-23;2-1-3/h5-6,9-10,13H,7-8,11-12H2,1-2H3,(H,19,23);2-3,6-7,10H,4-5,8-9H2,1H3;1H,(H,2,3). The van der Waals surface area contributed by atoms with Crippen LogP contribution in [0.25, 0.3) is 22.1 Å². The number of carboxylic acid groups (broad SMARTS) is 1. The maximum absolute atomic E-state index is 13.2. The summed E-state index contributed by atoms with van der Waals surface area (Å²) in [7, 11) is 1.85. The van der Waals surface area contributed by atoms with Gasteiger partial charge in [-0.1, -0.05) is 18.1 Å². The van der Waals surface area contributed by atoms with Crippen molar-refractivity contribution in [2.24, 2.45) is 7.05 Å². The molecule has 0 radical (unpaired) electrons. The first-order valence-corrected chi connectivity index (χ1v) is 16.8. The number of H-pyrrole nitrogens is 1. The fourth-order valence-electron chi connectivity index (χ4n) is 6.35. The van der Waals surface area contributed by atoms with Crippen LogP contribution in [0, 0.1) is 11.8 Å². The first-order valence-electron chi connectivity index (χ1n) is 16.8. The second-order valence-electron chi connectivity index (χ2n) is 12.7. The number of halogens is 3. The van der Waals surface area contributed by atoms with Gasteiger partial charge >= 0.3 is 6.18 Å². The van der Waals surface area contributed by atoms with E-state index in [1.165, 1.54) is 0 Å². The molecule has 4 aromatic heterocycles. The Morgan fingerprint density at radius 3 is 2.50 bits per heavy atom. The molecule has 3 aliphatic heterocycles. The highest BCUT2D eigenvalue weighted by atomic mass is 19.4. The molecule has 2 atom stereocenters. The summed E-state index contributed by atoms with van der Waals surface area (Å²) in [4.78, 5) is 36.1. The molecule has 8 rings (SSSR count). The molecule has 0 aliphatic carbocycles. The Balaban J connectivity index is 0.000000166. The van der Waals surface area contributed by atoms with Gasteiger partial charge in [-0.2, -0.15) is 18.3 Å². The van der Waals surface area contributed by atoms with Crippen LogP contribution in [-0.4, -0.2) is 93.6 Å². The van der Waals surface area contributed by atoms with Gasteiger partial charge in [-0.25, -0.2) is 9.97 Å². The number of morpholine rings is 1. The number of para-hydroxylation sites is 1. The number of rotatable bonds is 3. The van der Waals surface area contributed by atoms with Gasteiger partial charge in [-0.05, 0) is 56.9 Å². The van der Waals surface area contributed by atoms with Crippen LogP contribution < -0.4 is 15.4 Å². The van der Waals surface area contributed by atoms with Gasteiger partial charge in [0.15, 0.2) is 11.4 Å². The van der Waals surface area contributed by atoms with E-state index in [4.69, 9.17) is 23.8 Å². The van der Waals surface area contributed by atoms with Crippen LogP contribution in [0.2, 0.25) is 0 Å². The Labute approximate surface area is 296 Å². The van der Waals surface area contributed by atoms with Gasteiger partial charge in [0.1, 0.15) is 39.8 Å². The Morgan fingerprint density at radius 1 is 1.12 bits per heavy atom. The molecule has 52 heavy (non-hydrogen) atoms. The maximum atomic E-state index is 13.2. The topological polar surface area (TPSA) is 152 Å². The van der Waals surface area contributed by atoms with Crippen molar-refractivity contribution in [2.45, 2.75) is 50.4 Å². The lowest BCUT2D eigenvalue weighted by Crippen LogP contribution is -2.68. The van der Waals surface area contributed by atoms with Crippen LogP contribution in [0.5, 0.6) is 0 Å². The van der Waals surface area contributed by atoms with E-state index in [2.05, 4.69) is 43.7 Å². The number of hydrogen-bond donors (Lipinski definition) is 2. The monoisotopic (exact) mass is 721 g/mol. The summed E-state index contributed by atoms with van der Waals surface area (Å²) in [6.45, 7) is 6.85. The molecule has 3 saturated heterocycles. The van der Waals surface area contributed by atoms with E-state index in [1.807, 2.05) is 48.5 Å². The van der Waals surface area contributed by atoms with Crippen molar-refractivity contribution in [3.05, 3.63) is 76.2 Å². The number of carbonyl (C=O) groups is 1. The highest BCUT2D eigenvalue weighted by molar-refractivity contribution is 6.05. The number of aromatic amines is 1. The number of aryl methyl sites for hydroxylation is 1. The van der Waals surface area contributed by atoms with Gasteiger partial charge in [-0.3, -0.25) is 14.3 Å². The van der Waals surface area contributed by atoms with E-state index < -0.39 is 12.1 Å². The second-order valence-corrected chi connectivity index (χ2v) is 12.7. The van der Waals surface area contributed by atoms with Gasteiger partial charge in [0.25, 0.3) is 12.0 Å². The van der Waals surface area contributed by atoms with Gasteiger partial charge in [0.05, 0.1) is 25.9 Å². The van der Waals surface area contributed by atoms with Gasteiger partial charge in [0.2, 0.25) is 0 Å². The lowest BCUT2D eigenvalue weighted by Gasteiger charge is -2.53. The summed E-state index contributed by atoms with van der Waals surface area (Å²) < 4.78 is 58.3. The first kappa shape index (κ1) is 36.4. The Morgan fingerprint density at radius 2 is 1.85 bits per heavy atom. The third-order valence-electron chi connectivity index (χ3n) is 9.39. The molecule has 7 heterocycles. The molecule has 274 valence electrons. The smallest absolute Gasteiger partial charge is 0.398 e. The van der Waals surface area contributed by atoms with Crippen LogP contribution in [0.1, 0.15) is 49.7 Å². The van der Waals surface area contributed by atoms with E-state index in [9.17, 15) is 18.0 Å². The Kier molecular flexibility index (Phi) is 10.5. The van der Waals surface area contributed by atoms with Crippen LogP contribution >= 0.6 is 0 Å². The molecular weight excluding hydrogens is 683 g/mol. The highest BCUT2D eigenvalue weighted by Gasteiger charge is 2.50. The molecule has 0 bridgehead atoms. The number of ether oxygens (including phenoxy) is 2. The second kappa shape index (κ2) is 15.1. The lowest BCUT2D eigenvalue weighted by molar-refractivity contribution is -0.228. The fourth-order valence-corrected chi connectivity index (χ4v) is 6.35. The predicted molar refractivity (Wildman–Crippen MR) is 186 cm³/mol. The minimum atomic E-state index is -4.38. The van der Waals surface area contributed by atoms with E-state index in [-0.39, 0.29) is 29.5 Å². The van der Waals surface area contributed by atoms with E-state index >= 15 is 0 Å². The quantitative estimate of drug-likeness (QED) is 0.195. The van der Waals surface area contributed by atoms with Crippen LogP contribution in [0.4, 0.5) is 24.7 Å². The zero-order valence-corrected chi connectivity index (χ0v) is 28.8. The summed E-state index contributed by atoms with van der Waals surface area (Å²) in [5, 5.41) is 11.8. The third kappa shape index (κ3) is 7.46. The van der Waals surface area contributed by atoms with Crippen LogP contribution in [-0.2, 0) is 21.3 Å². The van der Waals surface area contributed by atoms with Crippen molar-refractivity contribution in [2.75, 3.05) is 49.3 Å². The number of fused-ring (bicyclic) bond motifs is 3. The van der Waals surface area contributed by atoms with Crippen LogP contribution in [0.15, 0.2) is 58.0 Å². The number of aromatic nitrogens is 5. The average molecular weight is 722 g/mol. The summed E-state index contributed by atoms with van der Waals surface area (Å²) in [6, 6.07) is 11.0. The molecule has 1 aromatic carbocycles. The minimum absolute atomic E-state index is 0.0649. The van der Waals surface area contributed by atoms with E-state index in [0.717, 1.165) is 38.4 Å². The lowest BCUT2D eigenvalue weighted by atomic mass is 9.90. The summed E-state index contributed by atoms with van der Waals surface area (Å²) in [6.07, 6.45) is 1.09. The van der Waals surface area contributed by atoms with Gasteiger partial charge in [0, 0.05) is 50.0 Å². The van der Waals surface area contributed by atoms with Crippen LogP contribution in [0.3, 0.4) is 0 Å². The van der Waals surface area contributed by atoms with Crippen molar-refractivity contribution in [3.8, 4) is 11.8 Å². The SMILES string of the molecule is CC(c1nc(N2CCCC2)c2oc3ccccc3c2n1)C(F)(F)F.CC1N(c2cc(C#Cc3ccn(C)n3)c[nH]c2=O)CCOC12COC2.O=CO. The number of benzene rings is 1. The average Bonchev–Trinajstić information content (AvgIpc) is 3.87. The van der Waals surface area contributed by atoms with Crippen molar-refractivity contribution in [1.82, 2.24) is 24.7 Å². The number of nitrogens with one attached hydrogen (secondary N) is 1. The molecule has 3 aliphatic rings. The summed E-state index contributed by atoms with van der Waals surface area (Å²) in [5.41, 5.74) is 3.17. The molecule has 3 fully saturated rings. The van der Waals surface area contributed by atoms with Crippen molar-refractivity contribution < 1.29 is 37.0 Å². The van der Waals surface area contributed by atoms with E-state index in [1.54, 1.807) is 16.9 Å². The molecule has 5 aromatic rings. The predicted octanol–water partition coefficient (Wildman–Crippen LogP) is 4.85. The summed E-state index contributed by atoms with van der Waals surface area (Å²) in [5.74, 6) is 4.62. The Bertz CT molecular complexity index is 2160. The molecule has 2 N–H and O–H groups in total. The summed E-state index contributed by atoms with van der Waals surface area (Å²) >= 11 is 0. The van der Waals surface area contributed by atoms with Crippen molar-refractivity contribution in [3.63, 3.8) is 0 Å². The van der Waals surface area contributed by atoms with Gasteiger partial charge in [-0.15, -0.1) is 0 Å². The molecule has 16 heteroatoms. The number of hydrogen-bond acceptors (Lipinski definition) is 10. The maximum Gasteiger partial charge on any atom is 0.398 e. The molecular formula is C36H38F3N7O6. The number of nitrogens with zero attached hydrogens (tertiary/aromatic N) is 6. The zero-order valence-electron chi connectivity index (χ0n) is 28.8. The van der Waals surface area contributed by atoms with E-state index in [0.29, 0.717) is 65.6 Å². The van der Waals surface area contributed by atoms with Crippen molar-refractivity contribution >= 4 is 40.0 Å². The van der Waals surface area contributed by atoms with Gasteiger partial charge < -0.3 is 33.8 Å². The normalized spacial score (nSPS) is 18.5. The number of pyridine rings is 1. The molecule has 13 nitrogen and oxygen atoms in total. The number of anilines is 2. The number of furan rings is 1. The zero-order chi connectivity index (χ0) is 37.0. The molecule has 0 amide bonds. The largest absolute Gasteiger partial charge is 0.483 e. The fraction of sp³-hybridized carbons (Fsp3) is 0.417. The third-order valence-corrected chi connectivity index (χ3v) is 9.39. The molecule has 0 saturated carbocycles. The Hall–Kier alpha value is -5.40. The number of alkyl halides is 3. The van der Waals surface area contributed by atoms with Crippen molar-refractivity contribution in [1.29, 1.82) is 0 Å². The molecule has 1 spiro atoms.